The summed E-state index contributed by atoms with van der Waals surface area (Å²) in [4.78, 5) is 0. The largest absolute Gasteiger partial charge is 0.309 e. The highest BCUT2D eigenvalue weighted by molar-refractivity contribution is 6.23. The van der Waals surface area contributed by atoms with Crippen molar-refractivity contribution < 1.29 is 6.85 Å². The normalized spacial score (nSPS) is 13.0. The monoisotopic (exact) mass is 741 g/mol. The quantitative estimate of drug-likeness (QED) is 0.155. The first-order valence-electron chi connectivity index (χ1n) is 22.1. The Balaban J connectivity index is 1.26. The SMILES string of the molecule is [2H]c1c([2H])c([2H])c(-c2c3cccc(-c4cccc5c6ccccc6n(-c6ccccc6)c45)c3cc3c(-c4cccc5c6ccccc6n(-c6ccccc6)c45)cccc23)c([2H])c1[2H]. The van der Waals surface area contributed by atoms with Crippen molar-refractivity contribution in [1.29, 1.82) is 0 Å². The van der Waals surface area contributed by atoms with Gasteiger partial charge in [-0.3, -0.25) is 0 Å². The molecule has 0 fully saturated rings. The number of rotatable bonds is 5. The standard InChI is InChI=1S/C56H36N2/c1-4-18-37(19-5-1)54-44-28-14-26-40(46-30-16-32-48-42-24-10-12-34-52(42)57(55(46)48)38-20-6-2-7-21-38)50(44)36-51-41(27-15-29-45(51)54)47-31-17-33-49-43-25-11-13-35-53(43)58(56(47)49)39-22-8-3-9-23-39/h1-36H/i1D,4D,5D,18D,19D. The maximum atomic E-state index is 9.37. The Kier molecular flexibility index (Phi) is 6.21. The van der Waals surface area contributed by atoms with E-state index in [1.165, 1.54) is 0 Å². The second kappa shape index (κ2) is 12.9. The molecule has 0 aliphatic rings. The summed E-state index contributed by atoms with van der Waals surface area (Å²) >= 11 is 0. The molecule has 2 heterocycles. The molecule has 12 rings (SSSR count). The van der Waals surface area contributed by atoms with Gasteiger partial charge in [-0.15, -0.1) is 0 Å². The molecule has 0 atom stereocenters. The molecule has 0 N–H and O–H groups in total. The van der Waals surface area contributed by atoms with Crippen LogP contribution in [0.4, 0.5) is 0 Å². The first-order chi connectivity index (χ1) is 30.9. The third-order valence-corrected chi connectivity index (χ3v) is 11.8. The number of hydrogen-bond acceptors (Lipinski definition) is 0. The Labute approximate surface area is 343 Å². The van der Waals surface area contributed by atoms with Gasteiger partial charge in [0.25, 0.3) is 0 Å². The van der Waals surface area contributed by atoms with Gasteiger partial charge in [-0.2, -0.15) is 0 Å². The fraction of sp³-hybridized carbons (Fsp3) is 0. The van der Waals surface area contributed by atoms with Crippen molar-refractivity contribution >= 4 is 65.2 Å². The second-order valence-electron chi connectivity index (χ2n) is 14.8. The average molecular weight is 742 g/mol. The predicted molar refractivity (Wildman–Crippen MR) is 246 cm³/mol. The van der Waals surface area contributed by atoms with Crippen molar-refractivity contribution in [2.75, 3.05) is 0 Å². The molecule has 0 radical (unpaired) electrons. The molecule has 0 aliphatic heterocycles. The Hall–Kier alpha value is -7.68. The van der Waals surface area contributed by atoms with Crippen LogP contribution in [0, 0.1) is 0 Å². The summed E-state index contributed by atoms with van der Waals surface area (Å²) in [5, 5.41) is 7.95. The zero-order valence-electron chi connectivity index (χ0n) is 36.3. The summed E-state index contributed by atoms with van der Waals surface area (Å²) < 4.78 is 49.6. The first kappa shape index (κ1) is 27.8. The zero-order chi connectivity index (χ0) is 42.5. The van der Waals surface area contributed by atoms with Gasteiger partial charge in [-0.05, 0) is 86.3 Å². The van der Waals surface area contributed by atoms with Gasteiger partial charge in [0.2, 0.25) is 0 Å². The molecule has 0 amide bonds. The third kappa shape index (κ3) is 4.79. The third-order valence-electron chi connectivity index (χ3n) is 11.8. The van der Waals surface area contributed by atoms with E-state index in [9.17, 15) is 2.74 Å². The minimum atomic E-state index is -0.416. The second-order valence-corrected chi connectivity index (χ2v) is 14.8. The van der Waals surface area contributed by atoms with Gasteiger partial charge in [0.1, 0.15) is 0 Å². The van der Waals surface area contributed by atoms with Crippen molar-refractivity contribution in [3.05, 3.63) is 218 Å². The molecule has 0 bridgehead atoms. The van der Waals surface area contributed by atoms with E-state index in [1.54, 1.807) is 0 Å². The molecule has 58 heavy (non-hydrogen) atoms. The van der Waals surface area contributed by atoms with E-state index < -0.39 is 6.04 Å². The molecule has 0 saturated carbocycles. The maximum absolute atomic E-state index is 9.37. The van der Waals surface area contributed by atoms with Gasteiger partial charge in [0.15, 0.2) is 0 Å². The highest BCUT2D eigenvalue weighted by Crippen LogP contribution is 2.47. The summed E-state index contributed by atoms with van der Waals surface area (Å²) in [5.41, 5.74) is 11.2. The number of para-hydroxylation sites is 6. The molecule has 12 aromatic rings. The van der Waals surface area contributed by atoms with Crippen LogP contribution in [-0.2, 0) is 0 Å². The Morgan fingerprint density at radius 2 is 0.707 bits per heavy atom. The van der Waals surface area contributed by atoms with Crippen LogP contribution >= 0.6 is 0 Å². The molecule has 2 heteroatoms. The molecule has 0 unspecified atom stereocenters. The molecule has 0 aliphatic carbocycles. The van der Waals surface area contributed by atoms with E-state index in [0.717, 1.165) is 98.8 Å². The van der Waals surface area contributed by atoms with Crippen LogP contribution in [0.15, 0.2) is 218 Å². The lowest BCUT2D eigenvalue weighted by Crippen LogP contribution is -1.96. The number of nitrogens with zero attached hydrogens (tertiary/aromatic N) is 2. The van der Waals surface area contributed by atoms with Crippen molar-refractivity contribution in [2.24, 2.45) is 0 Å². The Morgan fingerprint density at radius 1 is 0.310 bits per heavy atom. The topological polar surface area (TPSA) is 9.86 Å². The van der Waals surface area contributed by atoms with E-state index in [0.29, 0.717) is 5.56 Å². The van der Waals surface area contributed by atoms with Crippen LogP contribution in [0.2, 0.25) is 0 Å². The number of benzene rings is 10. The number of hydrogen-bond donors (Lipinski definition) is 0. The van der Waals surface area contributed by atoms with E-state index >= 15 is 0 Å². The van der Waals surface area contributed by atoms with Crippen LogP contribution in [0.3, 0.4) is 0 Å². The Bertz CT molecular complexity index is 3610. The highest BCUT2D eigenvalue weighted by Gasteiger charge is 2.22. The fourth-order valence-electron chi connectivity index (χ4n) is 9.44. The van der Waals surface area contributed by atoms with Crippen molar-refractivity contribution in [3.63, 3.8) is 0 Å². The first-order valence-corrected chi connectivity index (χ1v) is 19.6. The van der Waals surface area contributed by atoms with Crippen LogP contribution < -0.4 is 0 Å². The lowest BCUT2D eigenvalue weighted by Gasteiger charge is -2.19. The van der Waals surface area contributed by atoms with Gasteiger partial charge in [0.05, 0.1) is 28.9 Å². The van der Waals surface area contributed by atoms with Crippen molar-refractivity contribution in [1.82, 2.24) is 9.13 Å². The van der Waals surface area contributed by atoms with E-state index in [2.05, 4.69) is 161 Å². The van der Waals surface area contributed by atoms with E-state index in [4.69, 9.17) is 4.11 Å². The molecular weight excluding hydrogens is 701 g/mol. The smallest absolute Gasteiger partial charge is 0.0629 e. The van der Waals surface area contributed by atoms with Crippen LogP contribution in [-0.4, -0.2) is 9.13 Å². The maximum Gasteiger partial charge on any atom is 0.0629 e. The lowest BCUT2D eigenvalue weighted by molar-refractivity contribution is 1.18. The van der Waals surface area contributed by atoms with Gasteiger partial charge in [-0.25, -0.2) is 0 Å². The molecule has 270 valence electrons. The molecule has 0 spiro atoms. The van der Waals surface area contributed by atoms with Gasteiger partial charge < -0.3 is 9.13 Å². The summed E-state index contributed by atoms with van der Waals surface area (Å²) in [7, 11) is 0. The zero-order valence-corrected chi connectivity index (χ0v) is 31.3. The average Bonchev–Trinajstić information content (AvgIpc) is 3.86. The van der Waals surface area contributed by atoms with Crippen LogP contribution in [0.25, 0.3) is 110 Å². The summed E-state index contributed by atoms with van der Waals surface area (Å²) in [6, 6.07) is 63.9. The molecular formula is C56H36N2. The summed E-state index contributed by atoms with van der Waals surface area (Å²) in [6.45, 7) is 0. The van der Waals surface area contributed by atoms with Crippen LogP contribution in [0.1, 0.15) is 6.85 Å². The van der Waals surface area contributed by atoms with E-state index in [1.807, 2.05) is 36.4 Å². The summed E-state index contributed by atoms with van der Waals surface area (Å²) in [6.07, 6.45) is 0. The van der Waals surface area contributed by atoms with Crippen LogP contribution in [0.5, 0.6) is 0 Å². The van der Waals surface area contributed by atoms with Crippen molar-refractivity contribution in [2.45, 2.75) is 0 Å². The molecule has 0 saturated heterocycles. The Morgan fingerprint density at radius 3 is 1.19 bits per heavy atom. The molecule has 2 nitrogen and oxygen atoms in total. The minimum Gasteiger partial charge on any atom is -0.309 e. The number of fused-ring (bicyclic) bond motifs is 8. The van der Waals surface area contributed by atoms with Gasteiger partial charge in [-0.1, -0.05) is 176 Å². The van der Waals surface area contributed by atoms with E-state index in [-0.39, 0.29) is 29.7 Å². The van der Waals surface area contributed by atoms with Crippen molar-refractivity contribution in [3.8, 4) is 44.8 Å². The summed E-state index contributed by atoms with van der Waals surface area (Å²) in [5.74, 6) is 0. The fourth-order valence-corrected chi connectivity index (χ4v) is 9.44. The number of aromatic nitrogens is 2. The minimum absolute atomic E-state index is 0.180. The van der Waals surface area contributed by atoms with Gasteiger partial charge in [0, 0.05) is 44.0 Å². The predicted octanol–water partition coefficient (Wildman–Crippen LogP) is 15.2. The lowest BCUT2D eigenvalue weighted by atomic mass is 9.86. The molecule has 2 aromatic heterocycles. The van der Waals surface area contributed by atoms with Gasteiger partial charge >= 0.3 is 0 Å². The molecule has 10 aromatic carbocycles. The highest BCUT2D eigenvalue weighted by atomic mass is 15.0.